The molecule has 2 aromatic heterocycles. The van der Waals surface area contributed by atoms with Crippen LogP contribution in [0.25, 0.3) is 0 Å². The van der Waals surface area contributed by atoms with Crippen LogP contribution in [-0.2, 0) is 25.1 Å². The molecule has 0 saturated carbocycles. The van der Waals surface area contributed by atoms with E-state index >= 15 is 0 Å². The number of hydrogen-bond acceptors (Lipinski definition) is 5. The number of aliphatic hydroxyl groups is 1. The fourth-order valence-corrected chi connectivity index (χ4v) is 3.27. The third-order valence-electron chi connectivity index (χ3n) is 4.81. The molecular formula is C19H31IN6O3. The van der Waals surface area contributed by atoms with Crippen molar-refractivity contribution in [1.82, 2.24) is 25.0 Å². The minimum absolute atomic E-state index is 0. The van der Waals surface area contributed by atoms with Crippen LogP contribution in [0.2, 0.25) is 0 Å². The molecule has 0 bridgehead atoms. The second-order valence-corrected chi connectivity index (χ2v) is 7.26. The first-order valence-corrected chi connectivity index (χ1v) is 9.96. The highest BCUT2D eigenvalue weighted by Crippen LogP contribution is 2.21. The van der Waals surface area contributed by atoms with Gasteiger partial charge < -0.3 is 20.2 Å². The maximum atomic E-state index is 12.3. The van der Waals surface area contributed by atoms with Crippen LogP contribution in [-0.4, -0.2) is 45.0 Å². The van der Waals surface area contributed by atoms with Crippen LogP contribution in [0.3, 0.4) is 0 Å². The Balaban J connectivity index is 0.00000300. The van der Waals surface area contributed by atoms with E-state index in [0.29, 0.717) is 31.4 Å². The van der Waals surface area contributed by atoms with Crippen LogP contribution in [0, 0.1) is 0 Å². The molecule has 3 N–H and O–H groups in total. The molecule has 0 spiro atoms. The number of rotatable bonds is 8. The topological polar surface area (TPSA) is 110 Å². The number of aryl methyl sites for hydroxylation is 2. The molecule has 1 aliphatic heterocycles. The zero-order valence-corrected chi connectivity index (χ0v) is 19.4. The summed E-state index contributed by atoms with van der Waals surface area (Å²) >= 11 is 0. The number of nitrogens with zero attached hydrogens (tertiary/aromatic N) is 4. The van der Waals surface area contributed by atoms with Gasteiger partial charge >= 0.3 is 5.69 Å². The van der Waals surface area contributed by atoms with E-state index in [4.69, 9.17) is 4.42 Å². The van der Waals surface area contributed by atoms with Gasteiger partial charge in [-0.25, -0.2) is 14.5 Å². The Morgan fingerprint density at radius 2 is 2.24 bits per heavy atom. The quantitative estimate of drug-likeness (QED) is 0.211. The fourth-order valence-electron chi connectivity index (χ4n) is 3.27. The minimum Gasteiger partial charge on any atom is -0.466 e. The van der Waals surface area contributed by atoms with Crippen LogP contribution in [0.1, 0.15) is 44.7 Å². The largest absolute Gasteiger partial charge is 0.466 e. The van der Waals surface area contributed by atoms with E-state index in [1.165, 1.54) is 6.26 Å². The van der Waals surface area contributed by atoms with Gasteiger partial charge in [-0.05, 0) is 45.2 Å². The summed E-state index contributed by atoms with van der Waals surface area (Å²) in [4.78, 5) is 16.8. The Morgan fingerprint density at radius 1 is 1.41 bits per heavy atom. The van der Waals surface area contributed by atoms with Crippen molar-refractivity contribution in [3.8, 4) is 0 Å². The van der Waals surface area contributed by atoms with E-state index in [9.17, 15) is 9.90 Å². The Hall–Kier alpha value is -1.82. The third kappa shape index (κ3) is 6.08. The van der Waals surface area contributed by atoms with Crippen LogP contribution < -0.4 is 16.3 Å². The molecule has 2 aromatic rings. The summed E-state index contributed by atoms with van der Waals surface area (Å²) in [7, 11) is 0. The summed E-state index contributed by atoms with van der Waals surface area (Å²) in [6.07, 6.45) is 5.31. The summed E-state index contributed by atoms with van der Waals surface area (Å²) < 4.78 is 8.64. The van der Waals surface area contributed by atoms with Gasteiger partial charge in [0.05, 0.1) is 12.8 Å². The second-order valence-electron chi connectivity index (χ2n) is 7.26. The average Bonchev–Trinajstić information content (AvgIpc) is 3.33. The van der Waals surface area contributed by atoms with Crippen LogP contribution >= 0.6 is 24.0 Å². The molecule has 1 aliphatic rings. The lowest BCUT2D eigenvalue weighted by Gasteiger charge is -2.19. The lowest BCUT2D eigenvalue weighted by atomic mass is 10.0. The maximum absolute atomic E-state index is 12.3. The summed E-state index contributed by atoms with van der Waals surface area (Å²) in [6.45, 7) is 6.52. The Morgan fingerprint density at radius 3 is 2.93 bits per heavy atom. The molecular weight excluding hydrogens is 487 g/mol. The van der Waals surface area contributed by atoms with Gasteiger partial charge in [-0.1, -0.05) is 0 Å². The number of furan rings is 1. The number of guanidine groups is 1. The first kappa shape index (κ1) is 23.5. The van der Waals surface area contributed by atoms with Crippen LogP contribution in [0.15, 0.2) is 32.6 Å². The predicted octanol–water partition coefficient (Wildman–Crippen LogP) is 1.44. The van der Waals surface area contributed by atoms with Gasteiger partial charge in [0, 0.05) is 32.6 Å². The Labute approximate surface area is 187 Å². The van der Waals surface area contributed by atoms with E-state index in [1.54, 1.807) is 28.3 Å². The van der Waals surface area contributed by atoms with Gasteiger partial charge in [-0.2, -0.15) is 5.10 Å². The van der Waals surface area contributed by atoms with Crippen molar-refractivity contribution >= 4 is 29.9 Å². The van der Waals surface area contributed by atoms with Gasteiger partial charge in [0.2, 0.25) is 0 Å². The number of fused-ring (bicyclic) bond motifs is 1. The summed E-state index contributed by atoms with van der Waals surface area (Å²) in [5.74, 6) is 2.00. The maximum Gasteiger partial charge on any atom is 0.345 e. The molecule has 0 fully saturated rings. The number of aliphatic imine (C=N–C) groups is 1. The SMILES string of the molecule is CCNC(=NCC(C)(O)c1ccco1)NCCCn1nc2n(c1=O)CCCC2.I. The van der Waals surface area contributed by atoms with Crippen LogP contribution in [0.4, 0.5) is 0 Å². The standard InChI is InChI=1S/C19H30N6O3.HI/c1-3-20-17(22-14-19(2,27)15-8-6-13-28-15)21-10-7-12-25-18(26)24-11-5-4-9-16(24)23-25;/h6,8,13,27H,3-5,7,9-12,14H2,1-2H3,(H2,20,21,22);1H. The van der Waals surface area contributed by atoms with Gasteiger partial charge in [0.1, 0.15) is 17.2 Å². The zero-order chi connectivity index (χ0) is 20.0. The smallest absolute Gasteiger partial charge is 0.345 e. The summed E-state index contributed by atoms with van der Waals surface area (Å²) in [5.41, 5.74) is -1.18. The fraction of sp³-hybridized carbons (Fsp3) is 0.632. The van der Waals surface area contributed by atoms with Crippen molar-refractivity contribution in [2.45, 2.75) is 58.2 Å². The number of nitrogens with one attached hydrogen (secondary N) is 2. The number of halogens is 1. The molecule has 0 aromatic carbocycles. The molecule has 1 unspecified atom stereocenters. The zero-order valence-electron chi connectivity index (χ0n) is 17.1. The van der Waals surface area contributed by atoms with E-state index in [0.717, 1.165) is 38.1 Å². The molecule has 0 aliphatic carbocycles. The molecule has 9 nitrogen and oxygen atoms in total. The highest BCUT2D eigenvalue weighted by atomic mass is 127. The second kappa shape index (κ2) is 10.8. The molecule has 0 radical (unpaired) electrons. The average molecular weight is 518 g/mol. The number of hydrogen-bond donors (Lipinski definition) is 3. The lowest BCUT2D eigenvalue weighted by molar-refractivity contribution is 0.0437. The van der Waals surface area contributed by atoms with Gasteiger partial charge in [0.15, 0.2) is 5.96 Å². The van der Waals surface area contributed by atoms with Gasteiger partial charge in [-0.3, -0.25) is 4.57 Å². The monoisotopic (exact) mass is 518 g/mol. The van der Waals surface area contributed by atoms with E-state index < -0.39 is 5.60 Å². The van der Waals surface area contributed by atoms with Gasteiger partial charge in [-0.15, -0.1) is 24.0 Å². The molecule has 3 rings (SSSR count). The first-order valence-electron chi connectivity index (χ1n) is 9.96. The van der Waals surface area contributed by atoms with Crippen molar-refractivity contribution in [3.63, 3.8) is 0 Å². The van der Waals surface area contributed by atoms with Crippen molar-refractivity contribution in [3.05, 3.63) is 40.5 Å². The van der Waals surface area contributed by atoms with E-state index in [2.05, 4.69) is 20.7 Å². The van der Waals surface area contributed by atoms with Crippen molar-refractivity contribution in [1.29, 1.82) is 0 Å². The van der Waals surface area contributed by atoms with E-state index in [-0.39, 0.29) is 36.2 Å². The minimum atomic E-state index is -1.17. The number of aromatic nitrogens is 3. The van der Waals surface area contributed by atoms with Crippen LogP contribution in [0.5, 0.6) is 0 Å². The molecule has 162 valence electrons. The van der Waals surface area contributed by atoms with E-state index in [1.807, 2.05) is 6.92 Å². The molecule has 29 heavy (non-hydrogen) atoms. The Kier molecular flexibility index (Phi) is 8.75. The molecule has 0 saturated heterocycles. The van der Waals surface area contributed by atoms with Crippen molar-refractivity contribution < 1.29 is 9.52 Å². The summed E-state index contributed by atoms with van der Waals surface area (Å²) in [6, 6.07) is 3.48. The normalized spacial score (nSPS) is 15.9. The van der Waals surface area contributed by atoms with Crippen molar-refractivity contribution in [2.75, 3.05) is 19.6 Å². The third-order valence-corrected chi connectivity index (χ3v) is 4.81. The summed E-state index contributed by atoms with van der Waals surface area (Å²) in [5, 5.41) is 21.4. The molecule has 1 atom stereocenters. The molecule has 0 amide bonds. The van der Waals surface area contributed by atoms with Crippen molar-refractivity contribution in [2.24, 2.45) is 4.99 Å². The Bertz CT molecular complexity index is 841. The lowest BCUT2D eigenvalue weighted by Crippen LogP contribution is -2.39. The van der Waals surface area contributed by atoms with Gasteiger partial charge in [0.25, 0.3) is 0 Å². The molecule has 3 heterocycles. The highest BCUT2D eigenvalue weighted by molar-refractivity contribution is 14.0. The predicted molar refractivity (Wildman–Crippen MR) is 122 cm³/mol. The highest BCUT2D eigenvalue weighted by Gasteiger charge is 2.26. The molecule has 10 heteroatoms. The first-order chi connectivity index (χ1) is 13.5.